The van der Waals surface area contributed by atoms with Gasteiger partial charge in [-0.3, -0.25) is 4.79 Å². The third kappa shape index (κ3) is 2.71. The first-order valence-electron chi connectivity index (χ1n) is 7.21. The van der Waals surface area contributed by atoms with Gasteiger partial charge < -0.3 is 14.6 Å². The van der Waals surface area contributed by atoms with Gasteiger partial charge in [-0.05, 0) is 45.6 Å². The molecular formula is C15H22N2O3. The van der Waals surface area contributed by atoms with Gasteiger partial charge in [0.1, 0.15) is 5.69 Å². The average molecular weight is 278 g/mol. The van der Waals surface area contributed by atoms with E-state index in [1.165, 1.54) is 6.42 Å². The summed E-state index contributed by atoms with van der Waals surface area (Å²) in [5.74, 6) is -0.378. The van der Waals surface area contributed by atoms with Crippen molar-refractivity contribution < 1.29 is 14.3 Å². The molecule has 0 atom stereocenters. The number of H-pyrrole nitrogens is 1. The molecule has 0 aliphatic carbocycles. The molecule has 1 aliphatic rings. The second-order valence-electron chi connectivity index (χ2n) is 5.20. The molecule has 0 spiro atoms. The lowest BCUT2D eigenvalue weighted by molar-refractivity contribution is 0.0525. The molecule has 110 valence electrons. The summed E-state index contributed by atoms with van der Waals surface area (Å²) in [5.41, 5.74) is 2.40. The van der Waals surface area contributed by atoms with Crippen molar-refractivity contribution in [1.82, 2.24) is 9.88 Å². The van der Waals surface area contributed by atoms with Crippen molar-refractivity contribution in [2.45, 2.75) is 40.0 Å². The van der Waals surface area contributed by atoms with E-state index in [2.05, 4.69) is 4.98 Å². The Morgan fingerprint density at radius 3 is 2.45 bits per heavy atom. The van der Waals surface area contributed by atoms with Crippen LogP contribution in [0, 0.1) is 13.8 Å². The van der Waals surface area contributed by atoms with E-state index < -0.39 is 0 Å². The Kier molecular flexibility index (Phi) is 4.47. The van der Waals surface area contributed by atoms with Crippen molar-refractivity contribution in [2.75, 3.05) is 19.7 Å². The monoisotopic (exact) mass is 278 g/mol. The van der Waals surface area contributed by atoms with Gasteiger partial charge in [0.25, 0.3) is 5.91 Å². The lowest BCUT2D eigenvalue weighted by atomic mass is 10.1. The summed E-state index contributed by atoms with van der Waals surface area (Å²) in [5, 5.41) is 0. The fourth-order valence-corrected chi connectivity index (χ4v) is 2.73. The quantitative estimate of drug-likeness (QED) is 0.864. The van der Waals surface area contributed by atoms with E-state index >= 15 is 0 Å². The predicted octanol–water partition coefficient (Wildman–Crippen LogP) is 2.43. The summed E-state index contributed by atoms with van der Waals surface area (Å²) in [7, 11) is 0. The van der Waals surface area contributed by atoms with E-state index in [-0.39, 0.29) is 11.9 Å². The molecule has 1 aromatic rings. The van der Waals surface area contributed by atoms with Crippen LogP contribution in [0.4, 0.5) is 0 Å². The fourth-order valence-electron chi connectivity index (χ4n) is 2.73. The minimum Gasteiger partial charge on any atom is -0.462 e. The maximum atomic E-state index is 12.5. The predicted molar refractivity (Wildman–Crippen MR) is 76.0 cm³/mol. The van der Waals surface area contributed by atoms with E-state index in [4.69, 9.17) is 4.74 Å². The molecule has 1 aliphatic heterocycles. The first-order chi connectivity index (χ1) is 9.56. The minimum atomic E-state index is -0.364. The molecule has 2 rings (SSSR count). The highest BCUT2D eigenvalue weighted by Gasteiger charge is 2.26. The van der Waals surface area contributed by atoms with Gasteiger partial charge in [-0.2, -0.15) is 0 Å². The minimum absolute atomic E-state index is 0.0131. The van der Waals surface area contributed by atoms with Gasteiger partial charge in [0.15, 0.2) is 0 Å². The molecular weight excluding hydrogens is 256 g/mol. The summed E-state index contributed by atoms with van der Waals surface area (Å²) < 4.78 is 5.04. The van der Waals surface area contributed by atoms with Gasteiger partial charge in [0.2, 0.25) is 0 Å². The summed E-state index contributed by atoms with van der Waals surface area (Å²) in [6.45, 7) is 7.29. The number of aryl methyl sites for hydroxylation is 1. The number of carbonyl (C=O) groups excluding carboxylic acids is 2. The molecule has 2 heterocycles. The number of hydrogen-bond donors (Lipinski definition) is 1. The fraction of sp³-hybridized carbons (Fsp3) is 0.600. The van der Waals surface area contributed by atoms with Gasteiger partial charge in [-0.1, -0.05) is 0 Å². The molecule has 1 N–H and O–H groups in total. The molecule has 0 bridgehead atoms. The second-order valence-corrected chi connectivity index (χ2v) is 5.20. The highest BCUT2D eigenvalue weighted by Crippen LogP contribution is 2.21. The molecule has 0 unspecified atom stereocenters. The Hall–Kier alpha value is -1.78. The smallest absolute Gasteiger partial charge is 0.340 e. The van der Waals surface area contributed by atoms with Crippen LogP contribution in [0.15, 0.2) is 0 Å². The molecule has 5 heteroatoms. The van der Waals surface area contributed by atoms with E-state index in [0.717, 1.165) is 25.9 Å². The molecule has 0 aromatic carbocycles. The molecule has 1 saturated heterocycles. The SMILES string of the molecule is CCOC(=O)c1c(C)[nH]c(C(=O)N2CCCCC2)c1C. The number of aromatic amines is 1. The van der Waals surface area contributed by atoms with E-state index in [0.29, 0.717) is 29.1 Å². The van der Waals surface area contributed by atoms with Crippen LogP contribution < -0.4 is 0 Å². The van der Waals surface area contributed by atoms with Crippen LogP contribution in [0.2, 0.25) is 0 Å². The number of carbonyl (C=O) groups is 2. The lowest BCUT2D eigenvalue weighted by Crippen LogP contribution is -2.36. The number of aromatic nitrogens is 1. The lowest BCUT2D eigenvalue weighted by Gasteiger charge is -2.26. The third-order valence-corrected chi connectivity index (χ3v) is 3.77. The highest BCUT2D eigenvalue weighted by molar-refractivity contribution is 6.00. The number of nitrogens with zero attached hydrogens (tertiary/aromatic N) is 1. The summed E-state index contributed by atoms with van der Waals surface area (Å²) in [6, 6.07) is 0. The highest BCUT2D eigenvalue weighted by atomic mass is 16.5. The third-order valence-electron chi connectivity index (χ3n) is 3.77. The topological polar surface area (TPSA) is 62.4 Å². The Labute approximate surface area is 119 Å². The van der Waals surface area contributed by atoms with Gasteiger partial charge in [-0.25, -0.2) is 4.79 Å². The van der Waals surface area contributed by atoms with Gasteiger partial charge >= 0.3 is 5.97 Å². The number of ether oxygens (including phenoxy) is 1. The number of rotatable bonds is 3. The number of amides is 1. The number of hydrogen-bond acceptors (Lipinski definition) is 3. The molecule has 1 fully saturated rings. The van der Waals surface area contributed by atoms with Crippen LogP contribution in [0.25, 0.3) is 0 Å². The molecule has 1 aromatic heterocycles. The van der Waals surface area contributed by atoms with Crippen molar-refractivity contribution in [3.8, 4) is 0 Å². The first kappa shape index (κ1) is 14.6. The number of esters is 1. The summed E-state index contributed by atoms with van der Waals surface area (Å²) >= 11 is 0. The molecule has 0 radical (unpaired) electrons. The van der Waals surface area contributed by atoms with Crippen LogP contribution in [0.3, 0.4) is 0 Å². The maximum Gasteiger partial charge on any atom is 0.340 e. The summed E-state index contributed by atoms with van der Waals surface area (Å²) in [4.78, 5) is 29.4. The van der Waals surface area contributed by atoms with Gasteiger partial charge in [0, 0.05) is 18.8 Å². The molecule has 0 saturated carbocycles. The Bertz CT molecular complexity index is 513. The van der Waals surface area contributed by atoms with Crippen molar-refractivity contribution in [3.05, 3.63) is 22.5 Å². The van der Waals surface area contributed by atoms with Crippen LogP contribution >= 0.6 is 0 Å². The number of likely N-dealkylation sites (tertiary alicyclic amines) is 1. The number of nitrogens with one attached hydrogen (secondary N) is 1. The van der Waals surface area contributed by atoms with Crippen LogP contribution in [-0.4, -0.2) is 41.5 Å². The number of piperidine rings is 1. The molecule has 20 heavy (non-hydrogen) atoms. The van der Waals surface area contributed by atoms with Crippen molar-refractivity contribution >= 4 is 11.9 Å². The Morgan fingerprint density at radius 1 is 1.20 bits per heavy atom. The first-order valence-corrected chi connectivity index (χ1v) is 7.21. The molecule has 5 nitrogen and oxygen atoms in total. The van der Waals surface area contributed by atoms with E-state index in [1.54, 1.807) is 20.8 Å². The maximum absolute atomic E-state index is 12.5. The van der Waals surface area contributed by atoms with Crippen molar-refractivity contribution in [3.63, 3.8) is 0 Å². The zero-order chi connectivity index (χ0) is 14.7. The largest absolute Gasteiger partial charge is 0.462 e. The summed E-state index contributed by atoms with van der Waals surface area (Å²) in [6.07, 6.45) is 3.28. The van der Waals surface area contributed by atoms with Gasteiger partial charge in [-0.15, -0.1) is 0 Å². The van der Waals surface area contributed by atoms with Crippen LogP contribution in [0.5, 0.6) is 0 Å². The zero-order valence-corrected chi connectivity index (χ0v) is 12.4. The van der Waals surface area contributed by atoms with Crippen molar-refractivity contribution in [1.29, 1.82) is 0 Å². The van der Waals surface area contributed by atoms with Crippen molar-refractivity contribution in [2.24, 2.45) is 0 Å². The Balaban J connectivity index is 2.26. The van der Waals surface area contributed by atoms with Crippen LogP contribution in [-0.2, 0) is 4.74 Å². The van der Waals surface area contributed by atoms with E-state index in [1.807, 2.05) is 4.90 Å². The second kappa shape index (κ2) is 6.11. The standard InChI is InChI=1S/C15H22N2O3/c1-4-20-15(19)12-10(2)13(16-11(12)3)14(18)17-8-6-5-7-9-17/h16H,4-9H2,1-3H3. The van der Waals surface area contributed by atoms with E-state index in [9.17, 15) is 9.59 Å². The molecule has 1 amide bonds. The average Bonchev–Trinajstić information content (AvgIpc) is 2.74. The Morgan fingerprint density at radius 2 is 1.85 bits per heavy atom. The zero-order valence-electron chi connectivity index (χ0n) is 12.4. The van der Waals surface area contributed by atoms with Crippen LogP contribution in [0.1, 0.15) is 58.3 Å². The van der Waals surface area contributed by atoms with Gasteiger partial charge in [0.05, 0.1) is 12.2 Å². The normalized spacial score (nSPS) is 15.2.